The molecule has 0 unspecified atom stereocenters. The molecule has 0 aliphatic heterocycles. The Hall–Kier alpha value is -0.850. The Balaban J connectivity index is 0.000000356. The molecule has 2 heteroatoms. The van der Waals surface area contributed by atoms with Gasteiger partial charge in [-0.3, -0.25) is 0 Å². The van der Waals surface area contributed by atoms with Crippen LogP contribution in [0.3, 0.4) is 0 Å². The molecule has 0 amide bonds. The van der Waals surface area contributed by atoms with Crippen LogP contribution in [0.4, 0.5) is 0 Å². The Kier molecular flexibility index (Phi) is 7.09. The zero-order chi connectivity index (χ0) is 15.5. The Morgan fingerprint density at radius 3 is 2.00 bits per heavy atom. The molecule has 0 saturated heterocycles. The number of benzene rings is 2. The summed E-state index contributed by atoms with van der Waals surface area (Å²) in [5.74, 6) is 0. The van der Waals surface area contributed by atoms with Gasteiger partial charge in [0, 0.05) is 34.3 Å². The van der Waals surface area contributed by atoms with Crippen molar-refractivity contribution in [1.29, 1.82) is 0 Å². The Labute approximate surface area is 155 Å². The maximum absolute atomic E-state index is 2.33. The van der Waals surface area contributed by atoms with Crippen LogP contribution in [0.2, 0.25) is 26.2 Å². The fraction of sp³-hybridized carbons (Fsp3) is 0.250. The molecular formula is C20H25SiZr-. The summed E-state index contributed by atoms with van der Waals surface area (Å²) in [6.45, 7) is 11.5. The second-order valence-electron chi connectivity index (χ2n) is 7.21. The van der Waals surface area contributed by atoms with Gasteiger partial charge >= 0.3 is 0 Å². The van der Waals surface area contributed by atoms with Crippen LogP contribution in [-0.2, 0) is 26.2 Å². The maximum Gasteiger partial charge on any atom is 0.0411 e. The van der Waals surface area contributed by atoms with Gasteiger partial charge in [0.05, 0.1) is 0 Å². The minimum Gasteiger partial charge on any atom is -0.165 e. The van der Waals surface area contributed by atoms with Gasteiger partial charge in [0.25, 0.3) is 0 Å². The first-order valence-electron chi connectivity index (χ1n) is 7.56. The van der Waals surface area contributed by atoms with Crippen LogP contribution in [0.15, 0.2) is 60.7 Å². The van der Waals surface area contributed by atoms with Crippen LogP contribution in [-0.4, -0.2) is 8.07 Å². The molecule has 0 aliphatic rings. The van der Waals surface area contributed by atoms with Gasteiger partial charge in [-0.05, 0) is 5.56 Å². The molecule has 0 bridgehead atoms. The molecule has 3 aromatic rings. The number of fused-ring (bicyclic) bond motifs is 1. The molecule has 3 rings (SSSR count). The van der Waals surface area contributed by atoms with Crippen molar-refractivity contribution >= 4 is 18.8 Å². The van der Waals surface area contributed by atoms with E-state index in [9.17, 15) is 0 Å². The molecule has 0 saturated carbocycles. The largest absolute Gasteiger partial charge is 0.165 e. The summed E-state index contributed by atoms with van der Waals surface area (Å²) in [7, 11) is -0.611. The molecule has 0 heterocycles. The first-order valence-corrected chi connectivity index (χ1v) is 11.6. The topological polar surface area (TPSA) is 0 Å². The van der Waals surface area contributed by atoms with Crippen molar-refractivity contribution in [1.82, 2.24) is 0 Å². The minimum atomic E-state index is -0.611. The van der Waals surface area contributed by atoms with E-state index in [1.807, 2.05) is 0 Å². The molecule has 0 aliphatic carbocycles. The molecule has 3 aromatic carbocycles. The molecule has 0 aromatic heterocycles. The van der Waals surface area contributed by atoms with E-state index in [0.717, 1.165) is 0 Å². The van der Waals surface area contributed by atoms with Crippen molar-refractivity contribution < 1.29 is 26.2 Å². The summed E-state index contributed by atoms with van der Waals surface area (Å²) in [6, 6.07) is 21.6. The van der Waals surface area contributed by atoms with Gasteiger partial charge in [0.1, 0.15) is 0 Å². The van der Waals surface area contributed by atoms with Crippen molar-refractivity contribution in [3.8, 4) is 11.1 Å². The number of aryl methyl sites for hydroxylation is 1. The van der Waals surface area contributed by atoms with E-state index in [0.29, 0.717) is 0 Å². The second-order valence-corrected chi connectivity index (χ2v) is 13.2. The predicted molar refractivity (Wildman–Crippen MR) is 98.9 cm³/mol. The average molecular weight is 385 g/mol. The number of hydrogen-bond donors (Lipinski definition) is 0. The van der Waals surface area contributed by atoms with Gasteiger partial charge in [-0.25, -0.2) is 0 Å². The van der Waals surface area contributed by atoms with Gasteiger partial charge < -0.3 is 0 Å². The molecular weight excluding hydrogens is 360 g/mol. The number of hydrogen-bond acceptors (Lipinski definition) is 0. The summed E-state index contributed by atoms with van der Waals surface area (Å²) in [5, 5.41) is 2.69. The Morgan fingerprint density at radius 1 is 0.818 bits per heavy atom. The summed E-state index contributed by atoms with van der Waals surface area (Å²) in [4.78, 5) is 0. The van der Waals surface area contributed by atoms with Crippen LogP contribution >= 0.6 is 0 Å². The molecule has 0 N–H and O–H groups in total. The fourth-order valence-corrected chi connectivity index (χ4v) is 2.25. The maximum atomic E-state index is 2.33. The molecule has 0 spiro atoms. The van der Waals surface area contributed by atoms with E-state index in [-0.39, 0.29) is 26.2 Å². The summed E-state index contributed by atoms with van der Waals surface area (Å²) >= 11 is 0. The van der Waals surface area contributed by atoms with E-state index in [1.54, 1.807) is 0 Å². The zero-order valence-electron chi connectivity index (χ0n) is 14.3. The summed E-state index contributed by atoms with van der Waals surface area (Å²) in [6.07, 6.45) is 0. The van der Waals surface area contributed by atoms with Crippen molar-refractivity contribution in [2.45, 2.75) is 33.1 Å². The minimum absolute atomic E-state index is 0. The van der Waals surface area contributed by atoms with Crippen molar-refractivity contribution in [3.63, 3.8) is 0 Å². The van der Waals surface area contributed by atoms with Crippen molar-refractivity contribution in [2.24, 2.45) is 0 Å². The van der Waals surface area contributed by atoms with Gasteiger partial charge in [0.2, 0.25) is 0 Å². The van der Waals surface area contributed by atoms with Gasteiger partial charge in [0.15, 0.2) is 0 Å². The summed E-state index contributed by atoms with van der Waals surface area (Å²) in [5.41, 5.74) is 3.95. The predicted octanol–water partition coefficient (Wildman–Crippen LogP) is 6.49. The van der Waals surface area contributed by atoms with E-state index < -0.39 is 8.07 Å². The quantitative estimate of drug-likeness (QED) is 0.332. The van der Waals surface area contributed by atoms with Crippen molar-refractivity contribution in [3.05, 3.63) is 66.2 Å². The number of rotatable bonds is 1. The van der Waals surface area contributed by atoms with Crippen molar-refractivity contribution in [2.75, 3.05) is 0 Å². The molecule has 22 heavy (non-hydrogen) atoms. The Bertz CT molecular complexity index is 699. The van der Waals surface area contributed by atoms with Gasteiger partial charge in [-0.2, -0.15) is 6.07 Å². The molecule has 0 nitrogen and oxygen atoms in total. The third-order valence-electron chi connectivity index (χ3n) is 2.98. The standard InChI is InChI=1S/C16H13.C4H12Si.Zr/c1-12-10-14-8-5-9-15(16(14)11-12)13-6-3-2-4-7-13;1-5(2,3)4;/h2-11H,1H3;1-4H3;/q-1;;. The molecule has 0 atom stereocenters. The first kappa shape index (κ1) is 19.2. The van der Waals surface area contributed by atoms with E-state index in [4.69, 9.17) is 0 Å². The van der Waals surface area contributed by atoms with Crippen LogP contribution in [0.1, 0.15) is 5.56 Å². The summed E-state index contributed by atoms with van der Waals surface area (Å²) < 4.78 is 0. The third-order valence-corrected chi connectivity index (χ3v) is 2.98. The average Bonchev–Trinajstić information content (AvgIpc) is 2.77. The van der Waals surface area contributed by atoms with E-state index in [2.05, 4.69) is 93.8 Å². The Morgan fingerprint density at radius 2 is 1.41 bits per heavy atom. The van der Waals surface area contributed by atoms with Crippen LogP contribution in [0.25, 0.3) is 21.9 Å². The third kappa shape index (κ3) is 5.74. The molecule has 0 radical (unpaired) electrons. The van der Waals surface area contributed by atoms with Crippen LogP contribution in [0.5, 0.6) is 0 Å². The monoisotopic (exact) mass is 383 g/mol. The van der Waals surface area contributed by atoms with E-state index in [1.165, 1.54) is 27.5 Å². The molecule has 114 valence electrons. The normalized spacial score (nSPS) is 10.6. The first-order chi connectivity index (χ1) is 9.84. The van der Waals surface area contributed by atoms with Gasteiger partial charge in [-0.15, -0.1) is 34.5 Å². The SMILES string of the molecule is C[Si](C)(C)C.Cc1cc2c(-c3ccccc3)cccc2[cH-]1.[Zr]. The van der Waals surface area contributed by atoms with E-state index >= 15 is 0 Å². The smallest absolute Gasteiger partial charge is 0.0411 e. The van der Waals surface area contributed by atoms with Crippen LogP contribution in [0, 0.1) is 6.92 Å². The fourth-order valence-electron chi connectivity index (χ4n) is 2.25. The van der Waals surface area contributed by atoms with Crippen LogP contribution < -0.4 is 0 Å². The second kappa shape index (κ2) is 8.13. The van der Waals surface area contributed by atoms with Gasteiger partial charge in [-0.1, -0.05) is 75.1 Å². The zero-order valence-corrected chi connectivity index (χ0v) is 17.7. The molecule has 0 fully saturated rings.